The molecule has 3 atom stereocenters. The van der Waals surface area contributed by atoms with Crippen molar-refractivity contribution in [3.63, 3.8) is 0 Å². The minimum Gasteiger partial charge on any atom is -0.383 e. The van der Waals surface area contributed by atoms with E-state index < -0.39 is 7.92 Å². The van der Waals surface area contributed by atoms with Gasteiger partial charge < -0.3 is 4.74 Å². The molecule has 1 heterocycles. The van der Waals surface area contributed by atoms with E-state index in [1.54, 1.807) is 5.31 Å². The Hall–Kier alpha value is -1.42. The maximum Gasteiger partial charge on any atom is 0.0632 e. The Balaban J connectivity index is 1.74. The first-order valence-electron chi connectivity index (χ1n) is 12.6. The molecule has 1 aliphatic heterocycles. The molecule has 4 rings (SSSR count). The summed E-state index contributed by atoms with van der Waals surface area (Å²) in [6.45, 7) is 8.88. The zero-order valence-electron chi connectivity index (χ0n) is 21.0. The molecule has 0 amide bonds. The lowest BCUT2D eigenvalue weighted by atomic mass is 10.1. The standard InChI is InChI=1S/C29H39N2OPS/c1-22(2)34-23(3)29(30-31-20-12-13-24(31)21-32-4)27-18-11-19-28(27)33(25-14-7-5-8-15-25)26-16-9-6-10-17-26/h5-11,14-18,22-24,29-30H,12-13,19-21H2,1-4H3. The molecule has 2 aromatic carbocycles. The van der Waals surface area contributed by atoms with E-state index in [9.17, 15) is 0 Å². The highest BCUT2D eigenvalue weighted by Gasteiger charge is 2.34. The first-order chi connectivity index (χ1) is 16.6. The third-order valence-corrected chi connectivity index (χ3v) is 10.4. The van der Waals surface area contributed by atoms with E-state index in [-0.39, 0.29) is 6.04 Å². The topological polar surface area (TPSA) is 24.5 Å². The van der Waals surface area contributed by atoms with Crippen molar-refractivity contribution in [3.8, 4) is 0 Å². The van der Waals surface area contributed by atoms with Crippen LogP contribution >= 0.6 is 19.7 Å². The number of nitrogens with zero attached hydrogens (tertiary/aromatic N) is 1. The van der Waals surface area contributed by atoms with Crippen LogP contribution < -0.4 is 16.0 Å². The summed E-state index contributed by atoms with van der Waals surface area (Å²) in [5, 5.41) is 7.97. The van der Waals surface area contributed by atoms with Crippen LogP contribution in [0.1, 0.15) is 40.0 Å². The molecule has 2 aliphatic rings. The van der Waals surface area contributed by atoms with Crippen molar-refractivity contribution in [2.45, 2.75) is 62.6 Å². The quantitative estimate of drug-likeness (QED) is 0.396. The molecule has 182 valence electrons. The highest BCUT2D eigenvalue weighted by Crippen LogP contribution is 2.50. The number of benzene rings is 2. The molecule has 34 heavy (non-hydrogen) atoms. The smallest absolute Gasteiger partial charge is 0.0632 e. The fourth-order valence-electron chi connectivity index (χ4n) is 5.12. The van der Waals surface area contributed by atoms with Crippen molar-refractivity contribution >= 4 is 30.3 Å². The van der Waals surface area contributed by atoms with Crippen LogP contribution in [0.3, 0.4) is 0 Å². The van der Waals surface area contributed by atoms with Crippen molar-refractivity contribution in [2.75, 3.05) is 20.3 Å². The first-order valence-corrected chi connectivity index (χ1v) is 14.8. The first kappa shape index (κ1) is 25.7. The van der Waals surface area contributed by atoms with Gasteiger partial charge in [0, 0.05) is 24.9 Å². The summed E-state index contributed by atoms with van der Waals surface area (Å²) in [7, 11) is 1.24. The zero-order valence-corrected chi connectivity index (χ0v) is 22.7. The molecule has 0 aromatic heterocycles. The van der Waals surface area contributed by atoms with Crippen LogP contribution in [0.4, 0.5) is 0 Å². The van der Waals surface area contributed by atoms with Crippen LogP contribution in [0.5, 0.6) is 0 Å². The molecule has 3 unspecified atom stereocenters. The number of nitrogens with one attached hydrogen (secondary N) is 1. The van der Waals surface area contributed by atoms with Gasteiger partial charge in [0.15, 0.2) is 0 Å². The number of rotatable bonds is 11. The molecule has 0 radical (unpaired) electrons. The minimum atomic E-state index is -0.580. The number of allylic oxidation sites excluding steroid dienone is 2. The molecule has 0 bridgehead atoms. The third kappa shape index (κ3) is 6.22. The Bertz CT molecular complexity index is 923. The second kappa shape index (κ2) is 12.5. The average Bonchev–Trinajstić information content (AvgIpc) is 3.48. The van der Waals surface area contributed by atoms with Crippen LogP contribution in [0.25, 0.3) is 0 Å². The summed E-state index contributed by atoms with van der Waals surface area (Å²) in [6, 6.07) is 22.9. The lowest BCUT2D eigenvalue weighted by Crippen LogP contribution is -2.52. The SMILES string of the molecule is COCC1CCCN1NC(C1=C(P(c2ccccc2)c2ccccc2)CC=C1)C(C)SC(C)C. The number of hydrogen-bond donors (Lipinski definition) is 1. The predicted octanol–water partition coefficient (Wildman–Crippen LogP) is 5.85. The van der Waals surface area contributed by atoms with Crippen molar-refractivity contribution < 1.29 is 4.74 Å². The van der Waals surface area contributed by atoms with Crippen molar-refractivity contribution in [1.82, 2.24) is 10.4 Å². The summed E-state index contributed by atoms with van der Waals surface area (Å²) >= 11 is 2.07. The van der Waals surface area contributed by atoms with E-state index in [1.807, 2.05) is 7.11 Å². The van der Waals surface area contributed by atoms with Crippen molar-refractivity contribution in [1.29, 1.82) is 0 Å². The molecule has 1 aliphatic carbocycles. The largest absolute Gasteiger partial charge is 0.383 e. The van der Waals surface area contributed by atoms with Gasteiger partial charge in [-0.1, -0.05) is 93.6 Å². The van der Waals surface area contributed by atoms with Crippen molar-refractivity contribution in [3.05, 3.63) is 83.7 Å². The van der Waals surface area contributed by atoms with E-state index in [0.29, 0.717) is 16.5 Å². The average molecular weight is 495 g/mol. The maximum absolute atomic E-state index is 5.55. The predicted molar refractivity (Wildman–Crippen MR) is 151 cm³/mol. The van der Waals surface area contributed by atoms with Gasteiger partial charge in [-0.15, -0.1) is 0 Å². The maximum atomic E-state index is 5.55. The van der Waals surface area contributed by atoms with Crippen LogP contribution in [0, 0.1) is 0 Å². The van der Waals surface area contributed by atoms with Gasteiger partial charge in [0.2, 0.25) is 0 Å². The molecule has 5 heteroatoms. The van der Waals surface area contributed by atoms with Gasteiger partial charge >= 0.3 is 0 Å². The molecule has 0 saturated carbocycles. The number of ether oxygens (including phenoxy) is 1. The van der Waals surface area contributed by atoms with Gasteiger partial charge in [0.1, 0.15) is 0 Å². The summed E-state index contributed by atoms with van der Waals surface area (Å²) in [4.78, 5) is 0. The lowest BCUT2D eigenvalue weighted by molar-refractivity contribution is 0.0757. The molecular weight excluding hydrogens is 455 g/mol. The van der Waals surface area contributed by atoms with Crippen LogP contribution in [0.15, 0.2) is 83.7 Å². The minimum absolute atomic E-state index is 0.274. The van der Waals surface area contributed by atoms with Gasteiger partial charge in [-0.05, 0) is 53.9 Å². The molecule has 3 nitrogen and oxygen atoms in total. The summed E-state index contributed by atoms with van der Waals surface area (Å²) < 4.78 is 5.55. The normalized spacial score (nSPS) is 20.6. The second-order valence-electron chi connectivity index (χ2n) is 9.46. The van der Waals surface area contributed by atoms with Gasteiger partial charge in [-0.2, -0.15) is 11.8 Å². The van der Waals surface area contributed by atoms with Gasteiger partial charge in [-0.25, -0.2) is 10.4 Å². The van der Waals surface area contributed by atoms with Gasteiger partial charge in [0.05, 0.1) is 12.6 Å². The number of hydrazine groups is 1. The number of methoxy groups -OCH3 is 1. The Morgan fingerprint density at radius 2 is 1.68 bits per heavy atom. The monoisotopic (exact) mass is 494 g/mol. The molecule has 1 saturated heterocycles. The second-order valence-corrected chi connectivity index (χ2v) is 13.7. The Morgan fingerprint density at radius 1 is 1.03 bits per heavy atom. The fourth-order valence-corrected chi connectivity index (χ4v) is 8.96. The highest BCUT2D eigenvalue weighted by molar-refractivity contribution is 8.00. The molecule has 2 aromatic rings. The third-order valence-electron chi connectivity index (χ3n) is 6.57. The summed E-state index contributed by atoms with van der Waals surface area (Å²) in [6.07, 6.45) is 8.24. The fraction of sp³-hybridized carbons (Fsp3) is 0.448. The highest BCUT2D eigenvalue weighted by atomic mass is 32.2. The number of thioether (sulfide) groups is 1. The molecule has 1 fully saturated rings. The van der Waals surface area contributed by atoms with Gasteiger partial charge in [-0.3, -0.25) is 0 Å². The van der Waals surface area contributed by atoms with E-state index in [4.69, 9.17) is 4.74 Å². The van der Waals surface area contributed by atoms with Crippen LogP contribution in [-0.2, 0) is 4.74 Å². The van der Waals surface area contributed by atoms with Crippen molar-refractivity contribution in [2.24, 2.45) is 0 Å². The van der Waals surface area contributed by atoms with E-state index in [2.05, 4.69) is 116 Å². The lowest BCUT2D eigenvalue weighted by Gasteiger charge is -2.35. The van der Waals surface area contributed by atoms with Crippen LogP contribution in [0.2, 0.25) is 0 Å². The zero-order chi connectivity index (χ0) is 23.9. The Morgan fingerprint density at radius 3 is 2.26 bits per heavy atom. The molecular formula is C29H39N2OPS. The Labute approximate surface area is 211 Å². The summed E-state index contributed by atoms with van der Waals surface area (Å²) in [5.74, 6) is 0. The number of hydrogen-bond acceptors (Lipinski definition) is 4. The van der Waals surface area contributed by atoms with Crippen LogP contribution in [-0.4, -0.2) is 47.9 Å². The summed E-state index contributed by atoms with van der Waals surface area (Å²) in [5.41, 5.74) is 5.51. The van der Waals surface area contributed by atoms with E-state index in [1.165, 1.54) is 29.0 Å². The molecule has 1 N–H and O–H groups in total. The Kier molecular flexibility index (Phi) is 9.45. The van der Waals surface area contributed by atoms with E-state index in [0.717, 1.165) is 19.6 Å². The van der Waals surface area contributed by atoms with Gasteiger partial charge in [0.25, 0.3) is 0 Å². The van der Waals surface area contributed by atoms with E-state index >= 15 is 0 Å². The molecule has 0 spiro atoms.